The van der Waals surface area contributed by atoms with Crippen molar-refractivity contribution in [3.8, 4) is 0 Å². The molecule has 1 heterocycles. The molecule has 1 unspecified atom stereocenters. The first-order chi connectivity index (χ1) is 7.30. The number of aliphatic carboxylic acids is 1. The predicted molar refractivity (Wildman–Crippen MR) is 52.5 cm³/mol. The number of nitro groups is 1. The van der Waals surface area contributed by atoms with Crippen molar-refractivity contribution in [2.24, 2.45) is 5.92 Å². The molecule has 2 atom stereocenters. The first-order valence-corrected chi connectivity index (χ1v) is 4.95. The Kier molecular flexibility index (Phi) is 3.82. The number of ether oxygens (including phenoxy) is 2. The van der Waals surface area contributed by atoms with Gasteiger partial charge in [-0.2, -0.15) is 0 Å². The van der Waals surface area contributed by atoms with Crippen molar-refractivity contribution in [2.75, 3.05) is 13.2 Å². The minimum atomic E-state index is -1.07. The van der Waals surface area contributed by atoms with Gasteiger partial charge < -0.3 is 14.6 Å². The van der Waals surface area contributed by atoms with E-state index in [0.717, 1.165) is 0 Å². The van der Waals surface area contributed by atoms with E-state index >= 15 is 0 Å². The maximum Gasteiger partial charge on any atom is 0.303 e. The van der Waals surface area contributed by atoms with Gasteiger partial charge >= 0.3 is 5.97 Å². The van der Waals surface area contributed by atoms with Crippen molar-refractivity contribution in [3.05, 3.63) is 10.1 Å². The molecule has 92 valence electrons. The van der Waals surface area contributed by atoms with Gasteiger partial charge in [-0.05, 0) is 13.8 Å². The Bertz CT molecular complexity index is 274. The number of hydrogen-bond acceptors (Lipinski definition) is 5. The fourth-order valence-electron chi connectivity index (χ4n) is 1.68. The first-order valence-electron chi connectivity index (χ1n) is 4.95. The highest BCUT2D eigenvalue weighted by atomic mass is 16.7. The Morgan fingerprint density at radius 1 is 1.69 bits per heavy atom. The standard InChI is InChI=1S/C9H15NO6/c1-9(2)15-5-7(16-9)6(3-8(11)12)4-10(13)14/h6-7H,3-5H2,1-2H3,(H,11,12)/t6?,7-/m0/s1. The maximum absolute atomic E-state index is 10.6. The third-order valence-corrected chi connectivity index (χ3v) is 2.38. The molecule has 0 bridgehead atoms. The molecule has 16 heavy (non-hydrogen) atoms. The summed E-state index contributed by atoms with van der Waals surface area (Å²) in [7, 11) is 0. The molecule has 1 N–H and O–H groups in total. The fourth-order valence-corrected chi connectivity index (χ4v) is 1.68. The lowest BCUT2D eigenvalue weighted by Gasteiger charge is -2.20. The average Bonchev–Trinajstić information content (AvgIpc) is 2.43. The summed E-state index contributed by atoms with van der Waals surface area (Å²) in [6, 6.07) is 0. The van der Waals surface area contributed by atoms with Crippen LogP contribution >= 0.6 is 0 Å². The highest BCUT2D eigenvalue weighted by molar-refractivity contribution is 5.67. The molecule has 0 saturated carbocycles. The lowest BCUT2D eigenvalue weighted by atomic mass is 9.99. The number of carbonyl (C=O) groups is 1. The van der Waals surface area contributed by atoms with Crippen molar-refractivity contribution in [3.63, 3.8) is 0 Å². The van der Waals surface area contributed by atoms with Gasteiger partial charge in [0.15, 0.2) is 5.79 Å². The van der Waals surface area contributed by atoms with E-state index in [1.54, 1.807) is 13.8 Å². The summed E-state index contributed by atoms with van der Waals surface area (Å²) in [6.45, 7) is 3.16. The zero-order valence-electron chi connectivity index (χ0n) is 9.21. The second kappa shape index (κ2) is 4.75. The molecule has 0 radical (unpaired) electrons. The largest absolute Gasteiger partial charge is 0.481 e. The average molecular weight is 233 g/mol. The molecule has 0 aliphatic carbocycles. The van der Waals surface area contributed by atoms with Crippen LogP contribution in [-0.2, 0) is 14.3 Å². The number of nitrogens with zero attached hydrogens (tertiary/aromatic N) is 1. The summed E-state index contributed by atoms with van der Waals surface area (Å²) in [4.78, 5) is 20.5. The van der Waals surface area contributed by atoms with Crippen LogP contribution < -0.4 is 0 Å². The van der Waals surface area contributed by atoms with Gasteiger partial charge in [-0.1, -0.05) is 0 Å². The molecule has 0 aromatic carbocycles. The van der Waals surface area contributed by atoms with Crippen LogP contribution in [0.3, 0.4) is 0 Å². The molecule has 0 amide bonds. The molecule has 1 fully saturated rings. The molecule has 7 heteroatoms. The first kappa shape index (κ1) is 12.9. The maximum atomic E-state index is 10.6. The van der Waals surface area contributed by atoms with E-state index in [2.05, 4.69) is 0 Å². The van der Waals surface area contributed by atoms with Crippen LogP contribution in [0.2, 0.25) is 0 Å². The summed E-state index contributed by atoms with van der Waals surface area (Å²) in [5.41, 5.74) is 0. The van der Waals surface area contributed by atoms with Gasteiger partial charge in [0, 0.05) is 4.92 Å². The van der Waals surface area contributed by atoms with Crippen LogP contribution in [0.15, 0.2) is 0 Å². The second-order valence-corrected chi connectivity index (χ2v) is 4.24. The van der Waals surface area contributed by atoms with Gasteiger partial charge in [0.05, 0.1) is 25.0 Å². The van der Waals surface area contributed by atoms with Crippen LogP contribution in [0.25, 0.3) is 0 Å². The predicted octanol–water partition coefficient (Wildman–Crippen LogP) is 0.506. The van der Waals surface area contributed by atoms with E-state index in [-0.39, 0.29) is 13.0 Å². The second-order valence-electron chi connectivity index (χ2n) is 4.24. The molecule has 7 nitrogen and oxygen atoms in total. The highest BCUT2D eigenvalue weighted by Crippen LogP contribution is 2.28. The Labute approximate surface area is 92.5 Å². The summed E-state index contributed by atoms with van der Waals surface area (Å²) in [5.74, 6) is -2.52. The minimum Gasteiger partial charge on any atom is -0.481 e. The number of carboxylic acid groups (broad SMARTS) is 1. The van der Waals surface area contributed by atoms with Gasteiger partial charge in [-0.3, -0.25) is 14.9 Å². The van der Waals surface area contributed by atoms with Crippen molar-refractivity contribution >= 4 is 5.97 Å². The topological polar surface area (TPSA) is 98.9 Å². The minimum absolute atomic E-state index is 0.193. The summed E-state index contributed by atoms with van der Waals surface area (Å²) in [5, 5.41) is 19.1. The number of rotatable bonds is 5. The van der Waals surface area contributed by atoms with Gasteiger partial charge in [0.1, 0.15) is 0 Å². The number of carboxylic acids is 1. The monoisotopic (exact) mass is 233 g/mol. The molecule has 1 aliphatic heterocycles. The van der Waals surface area contributed by atoms with Crippen LogP contribution in [0.5, 0.6) is 0 Å². The molecule has 1 rings (SSSR count). The third kappa shape index (κ3) is 3.74. The molecule has 0 aromatic heterocycles. The molecule has 0 aromatic rings. The van der Waals surface area contributed by atoms with Crippen LogP contribution in [0.4, 0.5) is 0 Å². The zero-order chi connectivity index (χ0) is 12.3. The van der Waals surface area contributed by atoms with Crippen molar-refractivity contribution in [2.45, 2.75) is 32.2 Å². The molecular weight excluding hydrogens is 218 g/mol. The van der Waals surface area contributed by atoms with E-state index in [0.29, 0.717) is 0 Å². The van der Waals surface area contributed by atoms with E-state index in [4.69, 9.17) is 14.6 Å². The van der Waals surface area contributed by atoms with E-state index in [1.807, 2.05) is 0 Å². The Balaban J connectivity index is 2.62. The Hall–Kier alpha value is -1.21. The van der Waals surface area contributed by atoms with E-state index in [1.165, 1.54) is 0 Å². The molecule has 0 spiro atoms. The molecule has 1 saturated heterocycles. The quantitative estimate of drug-likeness (QED) is 0.548. The summed E-state index contributed by atoms with van der Waals surface area (Å²) < 4.78 is 10.7. The Morgan fingerprint density at radius 3 is 2.69 bits per heavy atom. The fraction of sp³-hybridized carbons (Fsp3) is 0.889. The van der Waals surface area contributed by atoms with Crippen LogP contribution in [0, 0.1) is 16.0 Å². The summed E-state index contributed by atoms with van der Waals surface area (Å²) in [6.07, 6.45) is -0.818. The molecule has 1 aliphatic rings. The summed E-state index contributed by atoms with van der Waals surface area (Å²) >= 11 is 0. The molecular formula is C9H15NO6. The van der Waals surface area contributed by atoms with Crippen LogP contribution in [0.1, 0.15) is 20.3 Å². The highest BCUT2D eigenvalue weighted by Gasteiger charge is 2.40. The number of hydrogen-bond donors (Lipinski definition) is 1. The van der Waals surface area contributed by atoms with Gasteiger partial charge in [0.25, 0.3) is 0 Å². The van der Waals surface area contributed by atoms with Gasteiger partial charge in [-0.25, -0.2) is 0 Å². The van der Waals surface area contributed by atoms with Gasteiger partial charge in [0.2, 0.25) is 6.54 Å². The normalized spacial score (nSPS) is 25.2. The van der Waals surface area contributed by atoms with Gasteiger partial charge in [-0.15, -0.1) is 0 Å². The Morgan fingerprint density at radius 2 is 2.31 bits per heavy atom. The van der Waals surface area contributed by atoms with Crippen molar-refractivity contribution in [1.29, 1.82) is 0 Å². The third-order valence-electron chi connectivity index (χ3n) is 2.38. The van der Waals surface area contributed by atoms with Crippen LogP contribution in [-0.4, -0.2) is 41.0 Å². The van der Waals surface area contributed by atoms with Crippen molar-refractivity contribution < 1.29 is 24.3 Å². The zero-order valence-corrected chi connectivity index (χ0v) is 9.21. The van der Waals surface area contributed by atoms with E-state index in [9.17, 15) is 14.9 Å². The van der Waals surface area contributed by atoms with E-state index < -0.39 is 35.2 Å². The lowest BCUT2D eigenvalue weighted by Crippen LogP contribution is -2.33. The lowest BCUT2D eigenvalue weighted by molar-refractivity contribution is -0.490. The van der Waals surface area contributed by atoms with Crippen molar-refractivity contribution in [1.82, 2.24) is 0 Å². The SMILES string of the molecule is CC1(C)OC[C@@H](C(CC(=O)O)C[N+](=O)[O-])O1. The smallest absolute Gasteiger partial charge is 0.303 e.